The standard InChI is InChI=1S/C60H86N12O11S/c1-11-71(51(62)17-12-38(4)44-29-46(47(32-61)49(30-44)67-37(2)3)56(76)64-34-48-39(5)28-40(6)68-57(48)77)21-20-66-70-53(75)19-23-81-25-27-83-82-26-24-80-22-18-52(74)69-55(60(8,9)10)59(79)72-35-45(73)31-50(72)58(78)63-33-42-13-15-43(16-14-42)54-41(7)65-36-84-54/h12-17,28-30,32,36-37,45,50,55,61,66-67,73H,11,18-27,31,33-35,62H2,1-10H3,(H,63,78)(H,64,76)(H,68,77)(H,69,74)(H,70,75)/b38-12+,51-17+,61-32?. The van der Waals surface area contributed by atoms with Crippen LogP contribution in [0.1, 0.15) is 117 Å². The summed E-state index contributed by atoms with van der Waals surface area (Å²) in [5.74, 6) is -1.46. The number of benzene rings is 2. The van der Waals surface area contributed by atoms with E-state index in [0.717, 1.165) is 50.3 Å². The first-order valence-corrected chi connectivity index (χ1v) is 29.2. The lowest BCUT2D eigenvalue weighted by molar-refractivity contribution is -0.303. The molecule has 2 aromatic carbocycles. The highest BCUT2D eigenvalue weighted by Gasteiger charge is 2.44. The summed E-state index contributed by atoms with van der Waals surface area (Å²) in [4.78, 5) is 101. The smallest absolute Gasteiger partial charge is 0.253 e. The maximum atomic E-state index is 14.0. The molecule has 84 heavy (non-hydrogen) atoms. The summed E-state index contributed by atoms with van der Waals surface area (Å²) in [5, 5.41) is 30.7. The van der Waals surface area contributed by atoms with Crippen LogP contribution in [0.15, 0.2) is 70.7 Å². The largest absolute Gasteiger partial charge is 0.391 e. The van der Waals surface area contributed by atoms with Crippen molar-refractivity contribution in [3.05, 3.63) is 121 Å². The van der Waals surface area contributed by atoms with E-state index in [4.69, 9.17) is 30.4 Å². The summed E-state index contributed by atoms with van der Waals surface area (Å²) in [6.45, 7) is 21.2. The van der Waals surface area contributed by atoms with Crippen molar-refractivity contribution in [1.82, 2.24) is 46.6 Å². The normalized spacial score (nSPS) is 15.0. The van der Waals surface area contributed by atoms with Crippen LogP contribution in [0.25, 0.3) is 16.0 Å². The Labute approximate surface area is 496 Å². The predicted octanol–water partition coefficient (Wildman–Crippen LogP) is 4.89. The second kappa shape index (κ2) is 33.2. The third kappa shape index (κ3) is 20.8. The third-order valence-electron chi connectivity index (χ3n) is 13.7. The summed E-state index contributed by atoms with van der Waals surface area (Å²) < 4.78 is 11.0. The average molecular weight is 1180 g/mol. The molecule has 458 valence electrons. The molecule has 2 aromatic heterocycles. The molecule has 3 heterocycles. The summed E-state index contributed by atoms with van der Waals surface area (Å²) in [6, 6.07) is 11.4. The van der Waals surface area contributed by atoms with E-state index in [1.165, 1.54) is 4.90 Å². The van der Waals surface area contributed by atoms with Gasteiger partial charge in [0.25, 0.3) is 11.5 Å². The van der Waals surface area contributed by atoms with Crippen LogP contribution in [0.2, 0.25) is 0 Å². The Balaban J connectivity index is 0.935. The van der Waals surface area contributed by atoms with Gasteiger partial charge in [0, 0.05) is 86.9 Å². The molecular formula is C60H86N12O11S. The molecule has 5 amide bonds. The van der Waals surface area contributed by atoms with Crippen molar-refractivity contribution in [1.29, 1.82) is 5.41 Å². The van der Waals surface area contributed by atoms with Crippen LogP contribution in [-0.4, -0.2) is 151 Å². The number of hydrogen-bond acceptors (Lipinski definition) is 18. The number of carbonyl (C=O) groups is 5. The average Bonchev–Trinajstić information content (AvgIpc) is 4.27. The summed E-state index contributed by atoms with van der Waals surface area (Å²) in [6.07, 6.45) is 4.03. The molecule has 0 spiro atoms. The second-order valence-electron chi connectivity index (χ2n) is 21.9. The van der Waals surface area contributed by atoms with E-state index in [0.29, 0.717) is 42.3 Å². The van der Waals surface area contributed by atoms with Crippen LogP contribution in [-0.2, 0) is 51.5 Å². The lowest BCUT2D eigenvalue weighted by Gasteiger charge is -2.35. The number of nitrogens with zero attached hydrogens (tertiary/aromatic N) is 3. The lowest BCUT2D eigenvalue weighted by atomic mass is 9.85. The zero-order valence-electron chi connectivity index (χ0n) is 50.1. The number of hydrazine groups is 1. The van der Waals surface area contributed by atoms with Crippen LogP contribution >= 0.6 is 11.3 Å². The first-order valence-electron chi connectivity index (χ1n) is 28.3. The fraction of sp³-hybridized carbons (Fsp3) is 0.500. The van der Waals surface area contributed by atoms with Gasteiger partial charge in [-0.25, -0.2) is 20.2 Å². The number of likely N-dealkylation sites (tertiary alicyclic amines) is 1. The van der Waals surface area contributed by atoms with Crippen molar-refractivity contribution in [3.63, 3.8) is 0 Å². The van der Waals surface area contributed by atoms with Crippen molar-refractivity contribution in [2.45, 2.75) is 126 Å². The van der Waals surface area contributed by atoms with E-state index in [9.17, 15) is 33.9 Å². The highest BCUT2D eigenvalue weighted by Crippen LogP contribution is 2.30. The van der Waals surface area contributed by atoms with Crippen LogP contribution in [0.5, 0.6) is 0 Å². The Bertz CT molecular complexity index is 2990. The van der Waals surface area contributed by atoms with Gasteiger partial charge in [-0.05, 0) is 106 Å². The molecule has 0 saturated carbocycles. The number of amides is 5. The Morgan fingerprint density at radius 1 is 0.940 bits per heavy atom. The van der Waals surface area contributed by atoms with E-state index in [2.05, 4.69) is 42.1 Å². The second-order valence-corrected chi connectivity index (χ2v) is 22.7. The molecule has 3 unspecified atom stereocenters. The zero-order valence-corrected chi connectivity index (χ0v) is 50.9. The SMILES string of the molecule is CCN(CCNNC(=O)CCOCCOOCCOCCC(=O)NC(C(=O)N1CC(O)CC1C(=O)NCc1ccc(-c2scnc2C)cc1)C(C)(C)C)/C(N)=C/C=C(\C)c1cc(NC(C)C)c(C=N)c(C(=O)NCc2c(C)cc(C)[nH]c2=O)c1. The molecule has 1 aliphatic rings. The Hall–Kier alpha value is -7.32. The number of nitrogens with one attached hydrogen (secondary N) is 8. The van der Waals surface area contributed by atoms with Gasteiger partial charge in [-0.3, -0.25) is 34.2 Å². The summed E-state index contributed by atoms with van der Waals surface area (Å²) in [7, 11) is 0. The molecule has 0 aliphatic carbocycles. The molecule has 5 rings (SSSR count). The molecule has 11 N–H and O–H groups in total. The fourth-order valence-electron chi connectivity index (χ4n) is 9.17. The van der Waals surface area contributed by atoms with Crippen molar-refractivity contribution >= 4 is 58.3 Å². The van der Waals surface area contributed by atoms with E-state index < -0.39 is 41.3 Å². The Morgan fingerprint density at radius 3 is 2.23 bits per heavy atom. The van der Waals surface area contributed by atoms with Crippen LogP contribution in [0.3, 0.4) is 0 Å². The number of H-pyrrole nitrogens is 1. The molecule has 24 heteroatoms. The van der Waals surface area contributed by atoms with E-state index in [-0.39, 0.29) is 108 Å². The first-order chi connectivity index (χ1) is 40.0. The van der Waals surface area contributed by atoms with Gasteiger partial charge in [-0.2, -0.15) is 0 Å². The van der Waals surface area contributed by atoms with Gasteiger partial charge in [0.05, 0.1) is 66.4 Å². The van der Waals surface area contributed by atoms with Crippen molar-refractivity contribution in [2.24, 2.45) is 11.1 Å². The number of likely N-dealkylation sites (N-methyl/N-ethyl adjacent to an activating group) is 1. The topological polar surface area (TPSA) is 317 Å². The molecule has 3 atom stereocenters. The van der Waals surface area contributed by atoms with Crippen LogP contribution < -0.4 is 43.4 Å². The number of pyridine rings is 1. The molecular weight excluding hydrogens is 1100 g/mol. The Morgan fingerprint density at radius 2 is 1.62 bits per heavy atom. The quantitative estimate of drug-likeness (QED) is 0.00998. The van der Waals surface area contributed by atoms with E-state index in [1.807, 2.05) is 110 Å². The van der Waals surface area contributed by atoms with Crippen LogP contribution in [0, 0.1) is 31.6 Å². The maximum Gasteiger partial charge on any atom is 0.253 e. The maximum absolute atomic E-state index is 14.0. The first kappa shape index (κ1) is 67.5. The number of hydrogen-bond donors (Lipinski definition) is 10. The minimum absolute atomic E-state index is 0.0156. The third-order valence-corrected chi connectivity index (χ3v) is 14.7. The number of aliphatic hydroxyl groups is 1. The number of aromatic nitrogens is 2. The highest BCUT2D eigenvalue weighted by atomic mass is 32.1. The molecule has 4 aromatic rings. The number of carbonyl (C=O) groups excluding carboxylic acids is 5. The van der Waals surface area contributed by atoms with Crippen molar-refractivity contribution < 1.29 is 48.3 Å². The van der Waals surface area contributed by atoms with Gasteiger partial charge < -0.3 is 61.8 Å². The van der Waals surface area contributed by atoms with Crippen molar-refractivity contribution in [3.8, 4) is 10.4 Å². The van der Waals surface area contributed by atoms with Gasteiger partial charge in [0.15, 0.2) is 0 Å². The van der Waals surface area contributed by atoms with Crippen LogP contribution in [0.4, 0.5) is 5.69 Å². The number of nitrogens with two attached hydrogens (primary N) is 1. The fourth-order valence-corrected chi connectivity index (χ4v) is 9.98. The number of β-amino-alcohol motifs (C(OH)–C–C–N with tert-alkyl or cyclic N) is 1. The van der Waals surface area contributed by atoms with Gasteiger partial charge in [-0.1, -0.05) is 51.1 Å². The number of aliphatic hydroxyl groups excluding tert-OH is 1. The summed E-state index contributed by atoms with van der Waals surface area (Å²) in [5.41, 5.74) is 20.6. The number of ether oxygens (including phenoxy) is 2. The molecule has 0 radical (unpaired) electrons. The number of allylic oxidation sites excluding steroid dienone is 3. The number of thiazole rings is 1. The lowest BCUT2D eigenvalue weighted by Crippen LogP contribution is -2.57. The molecule has 1 aliphatic heterocycles. The van der Waals surface area contributed by atoms with E-state index >= 15 is 0 Å². The molecule has 0 bridgehead atoms. The monoisotopic (exact) mass is 1180 g/mol. The zero-order chi connectivity index (χ0) is 61.5. The molecule has 23 nitrogen and oxygen atoms in total. The van der Waals surface area contributed by atoms with Gasteiger partial charge in [0.1, 0.15) is 25.3 Å². The molecule has 1 saturated heterocycles. The minimum Gasteiger partial charge on any atom is -0.391 e. The Kier molecular flexibility index (Phi) is 26.7. The summed E-state index contributed by atoms with van der Waals surface area (Å²) >= 11 is 1.56. The van der Waals surface area contributed by atoms with Crippen molar-refractivity contribution in [2.75, 3.05) is 71.1 Å². The van der Waals surface area contributed by atoms with Gasteiger partial charge in [-0.15, -0.1) is 11.3 Å². The van der Waals surface area contributed by atoms with E-state index in [1.54, 1.807) is 35.9 Å². The van der Waals surface area contributed by atoms with Gasteiger partial charge >= 0.3 is 0 Å². The number of rotatable bonds is 33. The molecule has 1 fully saturated rings. The minimum atomic E-state index is -0.970. The van der Waals surface area contributed by atoms with Gasteiger partial charge in [0.2, 0.25) is 23.6 Å². The highest BCUT2D eigenvalue weighted by molar-refractivity contribution is 7.13. The number of aryl methyl sites for hydroxylation is 3. The number of aromatic amines is 1. The number of anilines is 1. The predicted molar refractivity (Wildman–Crippen MR) is 325 cm³/mol.